The van der Waals surface area contributed by atoms with Gasteiger partial charge in [0.2, 0.25) is 5.91 Å². The van der Waals surface area contributed by atoms with Crippen molar-refractivity contribution in [1.82, 2.24) is 20.3 Å². The van der Waals surface area contributed by atoms with E-state index in [1.54, 1.807) is 13.1 Å². The van der Waals surface area contributed by atoms with Crippen LogP contribution in [0.4, 0.5) is 0 Å². The molecule has 22 heavy (non-hydrogen) atoms. The molecule has 1 amide bonds. The standard InChI is InChI=1S/C16H22N4O2/c1-12(8-13(2)21)9-17-16(22)11-20-10-15(18-19-20)14-6-4-3-5-7-14/h3-7,10,12-13,21H,8-9,11H2,1-2H3,(H,17,22). The lowest BCUT2D eigenvalue weighted by molar-refractivity contribution is -0.122. The maximum atomic E-state index is 11.9. The van der Waals surface area contributed by atoms with Crippen LogP contribution in [0.5, 0.6) is 0 Å². The van der Waals surface area contributed by atoms with Crippen molar-refractivity contribution in [1.29, 1.82) is 0 Å². The summed E-state index contributed by atoms with van der Waals surface area (Å²) >= 11 is 0. The van der Waals surface area contributed by atoms with E-state index in [2.05, 4.69) is 15.6 Å². The van der Waals surface area contributed by atoms with Crippen LogP contribution < -0.4 is 5.32 Å². The van der Waals surface area contributed by atoms with Gasteiger partial charge in [0.1, 0.15) is 12.2 Å². The Labute approximate surface area is 130 Å². The number of aromatic nitrogens is 3. The lowest BCUT2D eigenvalue weighted by Gasteiger charge is -2.14. The molecule has 0 radical (unpaired) electrons. The van der Waals surface area contributed by atoms with E-state index >= 15 is 0 Å². The van der Waals surface area contributed by atoms with Crippen molar-refractivity contribution in [2.24, 2.45) is 5.92 Å². The largest absolute Gasteiger partial charge is 0.393 e. The fourth-order valence-corrected chi connectivity index (χ4v) is 2.27. The molecule has 0 fully saturated rings. The second-order valence-electron chi connectivity index (χ2n) is 5.66. The summed E-state index contributed by atoms with van der Waals surface area (Å²) in [5.41, 5.74) is 1.72. The summed E-state index contributed by atoms with van der Waals surface area (Å²) in [6, 6.07) is 9.71. The van der Waals surface area contributed by atoms with Gasteiger partial charge in [0.25, 0.3) is 0 Å². The summed E-state index contributed by atoms with van der Waals surface area (Å²) in [4.78, 5) is 11.9. The Morgan fingerprint density at radius 1 is 1.32 bits per heavy atom. The van der Waals surface area contributed by atoms with Crippen molar-refractivity contribution in [2.45, 2.75) is 32.9 Å². The van der Waals surface area contributed by atoms with Crippen LogP contribution in [0.3, 0.4) is 0 Å². The first kappa shape index (κ1) is 16.2. The van der Waals surface area contributed by atoms with E-state index in [0.29, 0.717) is 13.0 Å². The van der Waals surface area contributed by atoms with Crippen LogP contribution in [0.15, 0.2) is 36.5 Å². The average Bonchev–Trinajstić information content (AvgIpc) is 2.94. The van der Waals surface area contributed by atoms with Crippen LogP contribution in [0, 0.1) is 5.92 Å². The summed E-state index contributed by atoms with van der Waals surface area (Å²) in [6.07, 6.45) is 2.08. The molecule has 2 unspecified atom stereocenters. The van der Waals surface area contributed by atoms with E-state index in [1.165, 1.54) is 4.68 Å². The Balaban J connectivity index is 1.84. The first-order valence-electron chi connectivity index (χ1n) is 7.45. The molecule has 6 nitrogen and oxygen atoms in total. The van der Waals surface area contributed by atoms with E-state index in [0.717, 1.165) is 11.3 Å². The van der Waals surface area contributed by atoms with Gasteiger partial charge < -0.3 is 10.4 Å². The second-order valence-corrected chi connectivity index (χ2v) is 5.66. The first-order chi connectivity index (χ1) is 10.5. The van der Waals surface area contributed by atoms with Crippen LogP contribution >= 0.6 is 0 Å². The molecule has 2 N–H and O–H groups in total. The molecule has 2 atom stereocenters. The minimum absolute atomic E-state index is 0.109. The number of rotatable bonds is 7. The smallest absolute Gasteiger partial charge is 0.241 e. The minimum Gasteiger partial charge on any atom is -0.393 e. The fraction of sp³-hybridized carbons (Fsp3) is 0.438. The molecule has 118 valence electrons. The van der Waals surface area contributed by atoms with Gasteiger partial charge in [-0.1, -0.05) is 42.5 Å². The fourth-order valence-electron chi connectivity index (χ4n) is 2.27. The number of nitrogens with one attached hydrogen (secondary N) is 1. The molecule has 0 aliphatic rings. The van der Waals surface area contributed by atoms with Crippen molar-refractivity contribution in [3.63, 3.8) is 0 Å². The zero-order chi connectivity index (χ0) is 15.9. The summed E-state index contributed by atoms with van der Waals surface area (Å²) < 4.78 is 1.52. The van der Waals surface area contributed by atoms with E-state index in [4.69, 9.17) is 0 Å². The third-order valence-corrected chi connectivity index (χ3v) is 3.30. The number of hydrogen-bond donors (Lipinski definition) is 2. The molecule has 6 heteroatoms. The molecule has 0 aliphatic heterocycles. The number of nitrogens with zero attached hydrogens (tertiary/aromatic N) is 3. The highest BCUT2D eigenvalue weighted by molar-refractivity contribution is 5.75. The van der Waals surface area contributed by atoms with Crippen LogP contribution in [0.25, 0.3) is 11.3 Å². The van der Waals surface area contributed by atoms with Crippen molar-refractivity contribution in [3.8, 4) is 11.3 Å². The van der Waals surface area contributed by atoms with Gasteiger partial charge in [-0.25, -0.2) is 4.68 Å². The summed E-state index contributed by atoms with van der Waals surface area (Å²) in [7, 11) is 0. The highest BCUT2D eigenvalue weighted by Crippen LogP contribution is 2.14. The van der Waals surface area contributed by atoms with Crippen molar-refractivity contribution < 1.29 is 9.90 Å². The number of aliphatic hydroxyl groups excluding tert-OH is 1. The number of aliphatic hydroxyl groups is 1. The predicted molar refractivity (Wildman–Crippen MR) is 83.9 cm³/mol. The highest BCUT2D eigenvalue weighted by Gasteiger charge is 2.10. The molecule has 1 aromatic carbocycles. The Kier molecular flexibility index (Phi) is 5.66. The number of benzene rings is 1. The number of hydrogen-bond acceptors (Lipinski definition) is 4. The molecule has 0 spiro atoms. The molecular formula is C16H22N4O2. The number of carbonyl (C=O) groups is 1. The third kappa shape index (κ3) is 4.96. The van der Waals surface area contributed by atoms with E-state index in [1.807, 2.05) is 37.3 Å². The molecule has 1 aromatic heterocycles. The molecule has 1 heterocycles. The van der Waals surface area contributed by atoms with Gasteiger partial charge in [-0.2, -0.15) is 0 Å². The Hall–Kier alpha value is -2.21. The molecule has 2 rings (SSSR count). The summed E-state index contributed by atoms with van der Waals surface area (Å²) in [5, 5.41) is 20.2. The van der Waals surface area contributed by atoms with Crippen LogP contribution in [0.1, 0.15) is 20.3 Å². The Morgan fingerprint density at radius 2 is 2.05 bits per heavy atom. The van der Waals surface area contributed by atoms with Crippen molar-refractivity contribution in [2.75, 3.05) is 6.54 Å². The van der Waals surface area contributed by atoms with Gasteiger partial charge in [0.15, 0.2) is 0 Å². The number of carbonyl (C=O) groups excluding carboxylic acids is 1. The zero-order valence-corrected chi connectivity index (χ0v) is 12.9. The highest BCUT2D eigenvalue weighted by atomic mass is 16.3. The minimum atomic E-state index is -0.351. The van der Waals surface area contributed by atoms with Gasteiger partial charge in [-0.05, 0) is 19.3 Å². The molecule has 0 saturated heterocycles. The monoisotopic (exact) mass is 302 g/mol. The topological polar surface area (TPSA) is 80.0 Å². The van der Waals surface area contributed by atoms with Crippen LogP contribution in [-0.2, 0) is 11.3 Å². The molecule has 2 aromatic rings. The van der Waals surface area contributed by atoms with E-state index < -0.39 is 0 Å². The third-order valence-electron chi connectivity index (χ3n) is 3.30. The SMILES string of the molecule is CC(O)CC(C)CNC(=O)Cn1cc(-c2ccccc2)nn1. The maximum Gasteiger partial charge on any atom is 0.241 e. The average molecular weight is 302 g/mol. The molecule has 0 bridgehead atoms. The van der Waals surface area contributed by atoms with E-state index in [-0.39, 0.29) is 24.5 Å². The lowest BCUT2D eigenvalue weighted by Crippen LogP contribution is -2.32. The first-order valence-corrected chi connectivity index (χ1v) is 7.45. The van der Waals surface area contributed by atoms with Crippen LogP contribution in [-0.4, -0.2) is 38.7 Å². The lowest BCUT2D eigenvalue weighted by atomic mass is 10.1. The molecular weight excluding hydrogens is 280 g/mol. The van der Waals surface area contributed by atoms with Gasteiger partial charge in [0, 0.05) is 12.1 Å². The zero-order valence-electron chi connectivity index (χ0n) is 12.9. The Morgan fingerprint density at radius 3 is 2.73 bits per heavy atom. The maximum absolute atomic E-state index is 11.9. The van der Waals surface area contributed by atoms with Gasteiger partial charge in [-0.15, -0.1) is 5.10 Å². The predicted octanol–water partition coefficient (Wildman–Crippen LogP) is 1.47. The number of amides is 1. The molecule has 0 saturated carbocycles. The summed E-state index contributed by atoms with van der Waals surface area (Å²) in [6.45, 7) is 4.43. The second kappa shape index (κ2) is 7.70. The van der Waals surface area contributed by atoms with Gasteiger partial charge >= 0.3 is 0 Å². The quantitative estimate of drug-likeness (QED) is 0.811. The van der Waals surface area contributed by atoms with E-state index in [9.17, 15) is 9.90 Å². The normalized spacial score (nSPS) is 13.6. The van der Waals surface area contributed by atoms with Gasteiger partial charge in [-0.3, -0.25) is 4.79 Å². The van der Waals surface area contributed by atoms with Crippen LogP contribution in [0.2, 0.25) is 0 Å². The molecule has 0 aliphatic carbocycles. The summed E-state index contributed by atoms with van der Waals surface area (Å²) in [5.74, 6) is 0.126. The Bertz CT molecular complexity index is 595. The van der Waals surface area contributed by atoms with Crippen molar-refractivity contribution >= 4 is 5.91 Å². The van der Waals surface area contributed by atoms with Gasteiger partial charge in [0.05, 0.1) is 12.3 Å². The van der Waals surface area contributed by atoms with Crippen molar-refractivity contribution in [3.05, 3.63) is 36.5 Å².